The lowest BCUT2D eigenvalue weighted by Crippen LogP contribution is -2.38. The molecule has 4 nitrogen and oxygen atoms in total. The zero-order chi connectivity index (χ0) is 12.7. The fourth-order valence-corrected chi connectivity index (χ4v) is 2.30. The van der Waals surface area contributed by atoms with E-state index in [0.717, 1.165) is 25.7 Å². The van der Waals surface area contributed by atoms with Crippen LogP contribution in [0.25, 0.3) is 0 Å². The van der Waals surface area contributed by atoms with E-state index in [1.54, 1.807) is 0 Å². The van der Waals surface area contributed by atoms with Crippen LogP contribution >= 0.6 is 11.6 Å². The fourth-order valence-electron chi connectivity index (χ4n) is 2.17. The highest BCUT2D eigenvalue weighted by Crippen LogP contribution is 2.25. The summed E-state index contributed by atoms with van der Waals surface area (Å²) in [6.07, 6.45) is 4.50. The van der Waals surface area contributed by atoms with Crippen molar-refractivity contribution in [3.63, 3.8) is 0 Å². The van der Waals surface area contributed by atoms with Crippen LogP contribution in [-0.2, 0) is 14.3 Å². The maximum atomic E-state index is 11.5. The molecule has 0 aromatic rings. The van der Waals surface area contributed by atoms with Gasteiger partial charge in [0.1, 0.15) is 0 Å². The van der Waals surface area contributed by atoms with E-state index in [-0.39, 0.29) is 23.8 Å². The summed E-state index contributed by atoms with van der Waals surface area (Å²) >= 11 is 5.53. The number of nitrogens with one attached hydrogen (secondary N) is 1. The van der Waals surface area contributed by atoms with Gasteiger partial charge in [-0.05, 0) is 32.1 Å². The van der Waals surface area contributed by atoms with Crippen molar-refractivity contribution >= 4 is 23.5 Å². The van der Waals surface area contributed by atoms with Crippen LogP contribution in [0.1, 0.15) is 38.5 Å². The van der Waals surface area contributed by atoms with Gasteiger partial charge >= 0.3 is 5.97 Å². The summed E-state index contributed by atoms with van der Waals surface area (Å²) in [4.78, 5) is 22.8. The molecule has 1 amide bonds. The average Bonchev–Trinajstić information content (AvgIpc) is 2.36. The molecular weight excluding hydrogens is 242 g/mol. The topological polar surface area (TPSA) is 55.4 Å². The van der Waals surface area contributed by atoms with Crippen LogP contribution < -0.4 is 5.32 Å². The van der Waals surface area contributed by atoms with E-state index >= 15 is 0 Å². The van der Waals surface area contributed by atoms with Gasteiger partial charge in [-0.25, -0.2) is 0 Å². The smallest absolute Gasteiger partial charge is 0.308 e. The number of ether oxygens (including phenoxy) is 1. The quantitative estimate of drug-likeness (QED) is 0.607. The summed E-state index contributed by atoms with van der Waals surface area (Å²) in [5, 5.41) is 2.98. The first-order valence-electron chi connectivity index (χ1n) is 6.10. The third-order valence-corrected chi connectivity index (χ3v) is 3.43. The van der Waals surface area contributed by atoms with Gasteiger partial charge < -0.3 is 10.1 Å². The van der Waals surface area contributed by atoms with Crippen LogP contribution in [0.15, 0.2) is 0 Å². The van der Waals surface area contributed by atoms with Crippen LogP contribution in [0.3, 0.4) is 0 Å². The molecule has 1 rings (SSSR count). The largest absolute Gasteiger partial charge is 0.469 e. The summed E-state index contributed by atoms with van der Waals surface area (Å²) in [6, 6.07) is 0.207. The number of amides is 1. The van der Waals surface area contributed by atoms with Crippen LogP contribution in [0.4, 0.5) is 0 Å². The highest BCUT2D eigenvalue weighted by atomic mass is 35.5. The molecule has 0 saturated heterocycles. The van der Waals surface area contributed by atoms with Gasteiger partial charge in [0.25, 0.3) is 0 Å². The van der Waals surface area contributed by atoms with Crippen molar-refractivity contribution in [2.24, 2.45) is 5.92 Å². The zero-order valence-electron chi connectivity index (χ0n) is 10.2. The monoisotopic (exact) mass is 261 g/mol. The third-order valence-electron chi connectivity index (χ3n) is 3.16. The second kappa shape index (κ2) is 7.54. The number of rotatable bonds is 5. The molecule has 1 aliphatic carbocycles. The molecule has 1 N–H and O–H groups in total. The molecule has 1 saturated carbocycles. The van der Waals surface area contributed by atoms with E-state index in [4.69, 9.17) is 16.3 Å². The minimum atomic E-state index is -0.128. The molecular formula is C12H20ClNO3. The second-order valence-corrected chi connectivity index (χ2v) is 4.81. The van der Waals surface area contributed by atoms with E-state index in [9.17, 15) is 9.59 Å². The first kappa shape index (κ1) is 14.3. The van der Waals surface area contributed by atoms with Crippen molar-refractivity contribution < 1.29 is 14.3 Å². The van der Waals surface area contributed by atoms with Gasteiger partial charge in [-0.15, -0.1) is 11.6 Å². The summed E-state index contributed by atoms with van der Waals surface area (Å²) < 4.78 is 4.72. The van der Waals surface area contributed by atoms with Gasteiger partial charge in [0.05, 0.1) is 13.0 Å². The van der Waals surface area contributed by atoms with Gasteiger partial charge in [0.2, 0.25) is 5.91 Å². The molecule has 17 heavy (non-hydrogen) atoms. The Balaban J connectivity index is 2.23. The van der Waals surface area contributed by atoms with Crippen LogP contribution in [0.5, 0.6) is 0 Å². The molecule has 0 radical (unpaired) electrons. The molecule has 0 spiro atoms. The molecule has 0 aromatic carbocycles. The van der Waals surface area contributed by atoms with Gasteiger partial charge in [-0.2, -0.15) is 0 Å². The SMILES string of the molecule is COC(=O)C1CCC(NC(=O)CCCCl)CC1. The Morgan fingerprint density at radius 2 is 1.94 bits per heavy atom. The predicted octanol–water partition coefficient (Wildman–Crippen LogP) is 1.85. The first-order chi connectivity index (χ1) is 8.17. The normalized spacial score (nSPS) is 24.1. The number of hydrogen-bond donors (Lipinski definition) is 1. The summed E-state index contributed by atoms with van der Waals surface area (Å²) in [5.74, 6) is 0.461. The number of carbonyl (C=O) groups excluding carboxylic acids is 2. The van der Waals surface area contributed by atoms with Gasteiger partial charge in [0, 0.05) is 18.3 Å². The Morgan fingerprint density at radius 3 is 2.47 bits per heavy atom. The van der Waals surface area contributed by atoms with Crippen molar-refractivity contribution in [1.82, 2.24) is 5.32 Å². The summed E-state index contributed by atoms with van der Waals surface area (Å²) in [7, 11) is 1.42. The van der Waals surface area contributed by atoms with Crippen molar-refractivity contribution in [1.29, 1.82) is 0 Å². The van der Waals surface area contributed by atoms with E-state index < -0.39 is 0 Å². The highest BCUT2D eigenvalue weighted by molar-refractivity contribution is 6.17. The lowest BCUT2D eigenvalue weighted by atomic mass is 9.86. The molecule has 1 fully saturated rings. The minimum absolute atomic E-state index is 0.0102. The predicted molar refractivity (Wildman–Crippen MR) is 65.9 cm³/mol. The molecule has 0 aliphatic heterocycles. The van der Waals surface area contributed by atoms with Crippen LogP contribution in [-0.4, -0.2) is 30.9 Å². The molecule has 0 unspecified atom stereocenters. The van der Waals surface area contributed by atoms with Crippen LogP contribution in [0.2, 0.25) is 0 Å². The summed E-state index contributed by atoms with van der Waals surface area (Å²) in [6.45, 7) is 0. The van der Waals surface area contributed by atoms with E-state index in [2.05, 4.69) is 5.32 Å². The molecule has 98 valence electrons. The maximum Gasteiger partial charge on any atom is 0.308 e. The summed E-state index contributed by atoms with van der Waals surface area (Å²) in [5.41, 5.74) is 0. The fraction of sp³-hybridized carbons (Fsp3) is 0.833. The minimum Gasteiger partial charge on any atom is -0.469 e. The Kier molecular flexibility index (Phi) is 6.34. The Bertz CT molecular complexity index is 262. The second-order valence-electron chi connectivity index (χ2n) is 4.43. The molecule has 5 heteroatoms. The zero-order valence-corrected chi connectivity index (χ0v) is 11.0. The molecule has 0 aromatic heterocycles. The number of hydrogen-bond acceptors (Lipinski definition) is 3. The van der Waals surface area contributed by atoms with E-state index in [0.29, 0.717) is 18.7 Å². The van der Waals surface area contributed by atoms with Crippen molar-refractivity contribution in [2.75, 3.05) is 13.0 Å². The molecule has 0 atom stereocenters. The van der Waals surface area contributed by atoms with Gasteiger partial charge in [-0.3, -0.25) is 9.59 Å². The lowest BCUT2D eigenvalue weighted by Gasteiger charge is -2.27. The number of alkyl halides is 1. The Hall–Kier alpha value is -0.770. The van der Waals surface area contributed by atoms with Crippen molar-refractivity contribution in [3.8, 4) is 0 Å². The van der Waals surface area contributed by atoms with Crippen LogP contribution in [0, 0.1) is 5.92 Å². The number of halogens is 1. The third kappa shape index (κ3) is 4.94. The number of carbonyl (C=O) groups is 2. The average molecular weight is 262 g/mol. The van der Waals surface area contributed by atoms with Gasteiger partial charge in [0.15, 0.2) is 0 Å². The standard InChI is InChI=1S/C12H20ClNO3/c1-17-12(16)9-4-6-10(7-5-9)14-11(15)3-2-8-13/h9-10H,2-8H2,1H3,(H,14,15). The Morgan fingerprint density at radius 1 is 1.29 bits per heavy atom. The first-order valence-corrected chi connectivity index (χ1v) is 6.64. The molecule has 0 heterocycles. The van der Waals surface area contributed by atoms with Gasteiger partial charge in [-0.1, -0.05) is 0 Å². The molecule has 1 aliphatic rings. The number of esters is 1. The number of methoxy groups -OCH3 is 1. The maximum absolute atomic E-state index is 11.5. The highest BCUT2D eigenvalue weighted by Gasteiger charge is 2.27. The molecule has 0 bridgehead atoms. The Labute approximate surface area is 107 Å². The lowest BCUT2D eigenvalue weighted by molar-refractivity contribution is -0.146. The van der Waals surface area contributed by atoms with E-state index in [1.165, 1.54) is 7.11 Å². The van der Waals surface area contributed by atoms with Crippen molar-refractivity contribution in [2.45, 2.75) is 44.6 Å². The van der Waals surface area contributed by atoms with E-state index in [1.807, 2.05) is 0 Å². The van der Waals surface area contributed by atoms with Crippen molar-refractivity contribution in [3.05, 3.63) is 0 Å².